The SMILES string of the molecule is CCOC(=O)c1cnc(-c2cccc([N+](=O)[O-])c2)nc1N. The van der Waals surface area contributed by atoms with Gasteiger partial charge in [-0.1, -0.05) is 12.1 Å². The quantitative estimate of drug-likeness (QED) is 0.517. The molecule has 0 aliphatic carbocycles. The second kappa shape index (κ2) is 5.95. The van der Waals surface area contributed by atoms with Gasteiger partial charge in [0.1, 0.15) is 11.4 Å². The number of aromatic nitrogens is 2. The Balaban J connectivity index is 2.38. The lowest BCUT2D eigenvalue weighted by atomic mass is 10.2. The van der Waals surface area contributed by atoms with Gasteiger partial charge in [-0.05, 0) is 6.92 Å². The normalized spacial score (nSPS) is 10.1. The number of hydrogen-bond acceptors (Lipinski definition) is 7. The molecule has 0 aliphatic heterocycles. The van der Waals surface area contributed by atoms with Crippen molar-refractivity contribution < 1.29 is 14.5 Å². The zero-order valence-electron chi connectivity index (χ0n) is 11.1. The fourth-order valence-corrected chi connectivity index (χ4v) is 1.66. The maximum absolute atomic E-state index is 11.6. The van der Waals surface area contributed by atoms with Crippen LogP contribution in [0.3, 0.4) is 0 Å². The predicted octanol–water partition coefficient (Wildman–Crippen LogP) is 1.81. The molecule has 0 saturated heterocycles. The van der Waals surface area contributed by atoms with E-state index in [9.17, 15) is 14.9 Å². The van der Waals surface area contributed by atoms with E-state index in [0.29, 0.717) is 5.56 Å². The van der Waals surface area contributed by atoms with Gasteiger partial charge in [-0.3, -0.25) is 10.1 Å². The Morgan fingerprint density at radius 1 is 1.48 bits per heavy atom. The molecule has 0 unspecified atom stereocenters. The van der Waals surface area contributed by atoms with E-state index in [1.807, 2.05) is 0 Å². The molecule has 0 amide bonds. The summed E-state index contributed by atoms with van der Waals surface area (Å²) in [6, 6.07) is 5.83. The number of anilines is 1. The Morgan fingerprint density at radius 3 is 2.86 bits per heavy atom. The summed E-state index contributed by atoms with van der Waals surface area (Å²) in [6.07, 6.45) is 1.24. The van der Waals surface area contributed by atoms with Gasteiger partial charge in [0.25, 0.3) is 5.69 Å². The number of benzene rings is 1. The minimum absolute atomic E-state index is 0.0371. The lowest BCUT2D eigenvalue weighted by molar-refractivity contribution is -0.384. The molecule has 0 spiro atoms. The molecule has 2 rings (SSSR count). The van der Waals surface area contributed by atoms with Crippen molar-refractivity contribution in [3.8, 4) is 11.4 Å². The highest BCUT2D eigenvalue weighted by Crippen LogP contribution is 2.22. The standard InChI is InChI=1S/C13H12N4O4/c1-2-21-13(18)10-7-15-12(16-11(10)14)8-4-3-5-9(6-8)17(19)20/h3-7H,2H2,1H3,(H2,14,15,16). The van der Waals surface area contributed by atoms with E-state index in [1.54, 1.807) is 13.0 Å². The summed E-state index contributed by atoms with van der Waals surface area (Å²) in [6.45, 7) is 1.89. The van der Waals surface area contributed by atoms with Crippen molar-refractivity contribution >= 4 is 17.5 Å². The van der Waals surface area contributed by atoms with Crippen LogP contribution in [0.15, 0.2) is 30.5 Å². The van der Waals surface area contributed by atoms with Crippen LogP contribution in [0.5, 0.6) is 0 Å². The maximum Gasteiger partial charge on any atom is 0.343 e. The third-order valence-corrected chi connectivity index (χ3v) is 2.63. The molecule has 2 aromatic rings. The van der Waals surface area contributed by atoms with Crippen molar-refractivity contribution in [2.45, 2.75) is 6.92 Å². The van der Waals surface area contributed by atoms with Gasteiger partial charge in [0.05, 0.1) is 11.5 Å². The molecule has 1 aromatic carbocycles. The molecule has 0 saturated carbocycles. The van der Waals surface area contributed by atoms with Crippen LogP contribution in [0.25, 0.3) is 11.4 Å². The van der Waals surface area contributed by atoms with Crippen molar-refractivity contribution in [1.82, 2.24) is 9.97 Å². The van der Waals surface area contributed by atoms with Crippen LogP contribution >= 0.6 is 0 Å². The minimum Gasteiger partial charge on any atom is -0.462 e. The molecule has 0 radical (unpaired) electrons. The Morgan fingerprint density at radius 2 is 2.24 bits per heavy atom. The number of non-ortho nitro benzene ring substituents is 1. The lowest BCUT2D eigenvalue weighted by Gasteiger charge is -2.06. The Kier molecular flexibility index (Phi) is 4.07. The van der Waals surface area contributed by atoms with Crippen molar-refractivity contribution in [2.24, 2.45) is 0 Å². The van der Waals surface area contributed by atoms with Gasteiger partial charge in [-0.15, -0.1) is 0 Å². The minimum atomic E-state index is -0.611. The van der Waals surface area contributed by atoms with E-state index >= 15 is 0 Å². The molecule has 0 atom stereocenters. The number of carbonyl (C=O) groups excluding carboxylic acids is 1. The molecule has 8 nitrogen and oxygen atoms in total. The Hall–Kier alpha value is -3.03. The summed E-state index contributed by atoms with van der Waals surface area (Å²) in [5, 5.41) is 10.7. The van der Waals surface area contributed by atoms with E-state index in [1.165, 1.54) is 24.4 Å². The van der Waals surface area contributed by atoms with Gasteiger partial charge in [0.15, 0.2) is 5.82 Å². The fourth-order valence-electron chi connectivity index (χ4n) is 1.66. The molecule has 0 bridgehead atoms. The van der Waals surface area contributed by atoms with Gasteiger partial charge in [0, 0.05) is 23.9 Å². The first kappa shape index (κ1) is 14.4. The largest absolute Gasteiger partial charge is 0.462 e. The molecule has 21 heavy (non-hydrogen) atoms. The van der Waals surface area contributed by atoms with Gasteiger partial charge in [0.2, 0.25) is 0 Å². The summed E-state index contributed by atoms with van der Waals surface area (Å²) in [7, 11) is 0. The van der Waals surface area contributed by atoms with Crippen molar-refractivity contribution in [2.75, 3.05) is 12.3 Å². The predicted molar refractivity (Wildman–Crippen MR) is 74.5 cm³/mol. The van der Waals surface area contributed by atoms with Crippen LogP contribution in [0.4, 0.5) is 11.5 Å². The molecule has 0 aliphatic rings. The second-order valence-electron chi connectivity index (χ2n) is 4.02. The van der Waals surface area contributed by atoms with Crippen LogP contribution in [-0.4, -0.2) is 27.5 Å². The van der Waals surface area contributed by atoms with E-state index in [2.05, 4.69) is 9.97 Å². The number of nitro groups is 1. The Labute approximate surface area is 119 Å². The molecular weight excluding hydrogens is 276 g/mol. The number of rotatable bonds is 4. The van der Waals surface area contributed by atoms with Gasteiger partial charge < -0.3 is 10.5 Å². The summed E-state index contributed by atoms with van der Waals surface area (Å²) in [4.78, 5) is 29.8. The molecule has 0 fully saturated rings. The first-order chi connectivity index (χ1) is 10.0. The number of esters is 1. The van der Waals surface area contributed by atoms with Crippen molar-refractivity contribution in [3.05, 3.63) is 46.1 Å². The summed E-state index contributed by atoms with van der Waals surface area (Å²) in [5.41, 5.74) is 6.12. The number of ether oxygens (including phenoxy) is 1. The van der Waals surface area contributed by atoms with E-state index in [0.717, 1.165) is 0 Å². The van der Waals surface area contributed by atoms with Gasteiger partial charge >= 0.3 is 5.97 Å². The van der Waals surface area contributed by atoms with Gasteiger partial charge in [-0.25, -0.2) is 14.8 Å². The topological polar surface area (TPSA) is 121 Å². The van der Waals surface area contributed by atoms with Crippen molar-refractivity contribution in [3.63, 3.8) is 0 Å². The van der Waals surface area contributed by atoms with Crippen LogP contribution < -0.4 is 5.73 Å². The average molecular weight is 288 g/mol. The summed E-state index contributed by atoms with van der Waals surface area (Å²) >= 11 is 0. The zero-order valence-corrected chi connectivity index (χ0v) is 11.1. The fraction of sp³-hybridized carbons (Fsp3) is 0.154. The maximum atomic E-state index is 11.6. The highest BCUT2D eigenvalue weighted by Gasteiger charge is 2.15. The smallest absolute Gasteiger partial charge is 0.343 e. The molecule has 2 N–H and O–H groups in total. The lowest BCUT2D eigenvalue weighted by Crippen LogP contribution is -2.10. The number of nitro benzene ring substituents is 1. The third kappa shape index (κ3) is 3.11. The van der Waals surface area contributed by atoms with Crippen LogP contribution in [-0.2, 0) is 4.74 Å². The van der Waals surface area contributed by atoms with Crippen molar-refractivity contribution in [1.29, 1.82) is 0 Å². The van der Waals surface area contributed by atoms with E-state index < -0.39 is 10.9 Å². The summed E-state index contributed by atoms with van der Waals surface area (Å²) in [5.74, 6) is -0.449. The number of hydrogen-bond donors (Lipinski definition) is 1. The second-order valence-corrected chi connectivity index (χ2v) is 4.02. The molecule has 108 valence electrons. The highest BCUT2D eigenvalue weighted by molar-refractivity contribution is 5.94. The number of nitrogens with two attached hydrogens (primary N) is 1. The Bertz CT molecular complexity index is 702. The van der Waals surface area contributed by atoms with E-state index in [-0.39, 0.29) is 29.5 Å². The summed E-state index contributed by atoms with van der Waals surface area (Å²) < 4.78 is 4.82. The molecule has 1 aromatic heterocycles. The first-order valence-electron chi connectivity index (χ1n) is 6.07. The van der Waals surface area contributed by atoms with E-state index in [4.69, 9.17) is 10.5 Å². The molecular formula is C13H12N4O4. The number of carbonyl (C=O) groups is 1. The zero-order chi connectivity index (χ0) is 15.4. The molecule has 8 heteroatoms. The van der Waals surface area contributed by atoms with Crippen LogP contribution in [0, 0.1) is 10.1 Å². The van der Waals surface area contributed by atoms with Gasteiger partial charge in [-0.2, -0.15) is 0 Å². The van der Waals surface area contributed by atoms with Crippen LogP contribution in [0.2, 0.25) is 0 Å². The first-order valence-corrected chi connectivity index (χ1v) is 6.07. The highest BCUT2D eigenvalue weighted by atomic mass is 16.6. The number of nitrogen functional groups attached to an aromatic ring is 1. The molecule has 1 heterocycles. The average Bonchev–Trinajstić information content (AvgIpc) is 2.47. The monoisotopic (exact) mass is 288 g/mol. The third-order valence-electron chi connectivity index (χ3n) is 2.63. The van der Waals surface area contributed by atoms with Crippen LogP contribution in [0.1, 0.15) is 17.3 Å². The number of nitrogens with zero attached hydrogens (tertiary/aromatic N) is 3.